The van der Waals surface area contributed by atoms with E-state index in [0.717, 1.165) is 51.4 Å². The molecule has 2 N–H and O–H groups in total. The van der Waals surface area contributed by atoms with Crippen LogP contribution in [0.15, 0.2) is 15.5 Å². The van der Waals surface area contributed by atoms with Gasteiger partial charge in [-0.3, -0.25) is 4.79 Å². The number of hydrogen-bond donors (Lipinski definition) is 2. The molecule has 1 aliphatic rings. The molecule has 6 nitrogen and oxygen atoms in total. The smallest absolute Gasteiger partial charge is 0.283 e. The summed E-state index contributed by atoms with van der Waals surface area (Å²) in [5.74, 6) is 0. The van der Waals surface area contributed by atoms with Crippen LogP contribution in [0, 0.1) is 0 Å². The molecule has 0 atom stereocenters. The minimum atomic E-state index is -0.0860. The van der Waals surface area contributed by atoms with Crippen LogP contribution >= 0.6 is 15.9 Å². The van der Waals surface area contributed by atoms with Crippen molar-refractivity contribution in [2.45, 2.75) is 26.3 Å². The summed E-state index contributed by atoms with van der Waals surface area (Å²) in [5.41, 5.74) is 0.689. The lowest BCUT2D eigenvalue weighted by atomic mass is 10.3. The first kappa shape index (κ1) is 16.5. The maximum Gasteiger partial charge on any atom is 0.283 e. The molecule has 0 bridgehead atoms. The monoisotopic (exact) mass is 357 g/mol. The number of nitrogens with one attached hydrogen (secondary N) is 2. The Labute approximate surface area is 134 Å². The fraction of sp³-hybridized carbons (Fsp3) is 0.714. The van der Waals surface area contributed by atoms with E-state index in [1.54, 1.807) is 6.20 Å². The van der Waals surface area contributed by atoms with Gasteiger partial charge in [-0.2, -0.15) is 5.10 Å². The molecule has 2 rings (SSSR count). The zero-order valence-corrected chi connectivity index (χ0v) is 14.3. The average Bonchev–Trinajstić information content (AvgIpc) is 2.48. The van der Waals surface area contributed by atoms with E-state index in [1.165, 1.54) is 4.68 Å². The molecule has 21 heavy (non-hydrogen) atoms. The van der Waals surface area contributed by atoms with Gasteiger partial charge in [0, 0.05) is 32.7 Å². The van der Waals surface area contributed by atoms with Gasteiger partial charge in [0.1, 0.15) is 4.47 Å². The number of anilines is 1. The van der Waals surface area contributed by atoms with Gasteiger partial charge in [0.15, 0.2) is 0 Å². The van der Waals surface area contributed by atoms with Crippen LogP contribution in [0.1, 0.15) is 26.3 Å². The molecule has 1 aromatic heterocycles. The number of halogens is 1. The second-order valence-corrected chi connectivity index (χ2v) is 6.38. The first-order valence-electron chi connectivity index (χ1n) is 7.54. The van der Waals surface area contributed by atoms with Crippen molar-refractivity contribution in [1.82, 2.24) is 20.0 Å². The number of piperazine rings is 1. The Morgan fingerprint density at radius 3 is 2.81 bits per heavy atom. The van der Waals surface area contributed by atoms with E-state index in [4.69, 9.17) is 0 Å². The van der Waals surface area contributed by atoms with Crippen molar-refractivity contribution < 1.29 is 0 Å². The summed E-state index contributed by atoms with van der Waals surface area (Å²) >= 11 is 3.37. The highest BCUT2D eigenvalue weighted by Gasteiger charge is 2.11. The van der Waals surface area contributed by atoms with Gasteiger partial charge in [-0.1, -0.05) is 0 Å². The first-order valence-corrected chi connectivity index (χ1v) is 8.33. The van der Waals surface area contributed by atoms with Crippen LogP contribution in [-0.4, -0.2) is 53.9 Å². The van der Waals surface area contributed by atoms with Crippen LogP contribution < -0.4 is 16.2 Å². The van der Waals surface area contributed by atoms with Gasteiger partial charge in [-0.15, -0.1) is 0 Å². The molecule has 0 aliphatic carbocycles. The Kier molecular flexibility index (Phi) is 6.20. The van der Waals surface area contributed by atoms with Crippen molar-refractivity contribution in [1.29, 1.82) is 0 Å². The summed E-state index contributed by atoms with van der Waals surface area (Å²) < 4.78 is 2.05. The van der Waals surface area contributed by atoms with Gasteiger partial charge in [0.05, 0.1) is 17.9 Å². The van der Waals surface area contributed by atoms with Gasteiger partial charge in [0.2, 0.25) is 0 Å². The normalized spacial score (nSPS) is 16.4. The topological polar surface area (TPSA) is 62.2 Å². The van der Waals surface area contributed by atoms with Crippen LogP contribution in [0.2, 0.25) is 0 Å². The van der Waals surface area contributed by atoms with Crippen LogP contribution in [0.4, 0.5) is 5.69 Å². The Morgan fingerprint density at radius 2 is 2.14 bits per heavy atom. The maximum atomic E-state index is 12.1. The molecule has 0 aromatic carbocycles. The number of nitrogens with zero attached hydrogens (tertiary/aromatic N) is 3. The second-order valence-electron chi connectivity index (χ2n) is 5.59. The highest BCUT2D eigenvalue weighted by atomic mass is 79.9. The summed E-state index contributed by atoms with van der Waals surface area (Å²) in [5, 5.41) is 10.8. The molecular formula is C14H24BrN5O. The lowest BCUT2D eigenvalue weighted by Crippen LogP contribution is -2.44. The molecule has 0 saturated carbocycles. The Morgan fingerprint density at radius 1 is 1.43 bits per heavy atom. The summed E-state index contributed by atoms with van der Waals surface area (Å²) in [6, 6.07) is 0.0653. The zero-order valence-electron chi connectivity index (χ0n) is 12.7. The molecule has 1 aromatic rings. The lowest BCUT2D eigenvalue weighted by Gasteiger charge is -2.27. The van der Waals surface area contributed by atoms with E-state index in [1.807, 2.05) is 13.8 Å². The van der Waals surface area contributed by atoms with Crippen LogP contribution in [0.25, 0.3) is 0 Å². The summed E-state index contributed by atoms with van der Waals surface area (Å²) in [4.78, 5) is 14.6. The van der Waals surface area contributed by atoms with Crippen LogP contribution in [0.5, 0.6) is 0 Å². The third-order valence-electron chi connectivity index (χ3n) is 3.61. The van der Waals surface area contributed by atoms with Crippen molar-refractivity contribution >= 4 is 21.6 Å². The largest absolute Gasteiger partial charge is 0.383 e. The third-order valence-corrected chi connectivity index (χ3v) is 4.38. The quantitative estimate of drug-likeness (QED) is 0.751. The molecule has 0 unspecified atom stereocenters. The van der Waals surface area contributed by atoms with Crippen LogP contribution in [-0.2, 0) is 0 Å². The highest BCUT2D eigenvalue weighted by molar-refractivity contribution is 9.10. The molecule has 0 spiro atoms. The fourth-order valence-electron chi connectivity index (χ4n) is 2.40. The molecule has 2 heterocycles. The van der Waals surface area contributed by atoms with E-state index in [0.29, 0.717) is 4.47 Å². The van der Waals surface area contributed by atoms with E-state index in [2.05, 4.69) is 36.6 Å². The molecule has 0 amide bonds. The van der Waals surface area contributed by atoms with Crippen molar-refractivity contribution in [3.8, 4) is 0 Å². The van der Waals surface area contributed by atoms with Gasteiger partial charge in [-0.25, -0.2) is 4.68 Å². The Balaban J connectivity index is 1.83. The molecular weight excluding hydrogens is 334 g/mol. The second kappa shape index (κ2) is 7.91. The van der Waals surface area contributed by atoms with E-state index < -0.39 is 0 Å². The standard InChI is InChI=1S/C14H24BrN5O/c1-11(2)20-14(21)13(15)12(10-18-20)17-4-3-7-19-8-5-16-6-9-19/h10-11,16-17H,3-9H2,1-2H3. The van der Waals surface area contributed by atoms with Gasteiger partial charge >= 0.3 is 0 Å². The zero-order chi connectivity index (χ0) is 15.2. The van der Waals surface area contributed by atoms with E-state index in [-0.39, 0.29) is 11.6 Å². The minimum absolute atomic E-state index is 0.0653. The SMILES string of the molecule is CC(C)n1ncc(NCCCN2CCNCC2)c(Br)c1=O. The Hall–Kier alpha value is -0.920. The van der Waals surface area contributed by atoms with Crippen LogP contribution in [0.3, 0.4) is 0 Å². The lowest BCUT2D eigenvalue weighted by molar-refractivity contribution is 0.240. The fourth-order valence-corrected chi connectivity index (χ4v) is 2.82. The van der Waals surface area contributed by atoms with Crippen molar-refractivity contribution in [3.05, 3.63) is 21.0 Å². The van der Waals surface area contributed by atoms with Crippen molar-refractivity contribution in [3.63, 3.8) is 0 Å². The molecule has 118 valence electrons. The maximum absolute atomic E-state index is 12.1. The summed E-state index contributed by atoms with van der Waals surface area (Å²) in [6.45, 7) is 10.2. The number of aromatic nitrogens is 2. The van der Waals surface area contributed by atoms with E-state index in [9.17, 15) is 4.79 Å². The number of rotatable bonds is 6. The predicted molar refractivity (Wildman–Crippen MR) is 89.0 cm³/mol. The first-order chi connectivity index (χ1) is 10.1. The van der Waals surface area contributed by atoms with Gasteiger partial charge in [0.25, 0.3) is 5.56 Å². The predicted octanol–water partition coefficient (Wildman–Crippen LogP) is 1.29. The third kappa shape index (κ3) is 4.52. The molecule has 0 radical (unpaired) electrons. The molecule has 1 aliphatic heterocycles. The molecule has 7 heteroatoms. The average molecular weight is 358 g/mol. The Bertz CT molecular complexity index is 511. The minimum Gasteiger partial charge on any atom is -0.383 e. The van der Waals surface area contributed by atoms with Gasteiger partial charge in [-0.05, 0) is 42.7 Å². The van der Waals surface area contributed by atoms with Gasteiger partial charge < -0.3 is 15.5 Å². The molecule has 1 fully saturated rings. The van der Waals surface area contributed by atoms with Crippen molar-refractivity contribution in [2.75, 3.05) is 44.6 Å². The highest BCUT2D eigenvalue weighted by Crippen LogP contribution is 2.17. The molecule has 1 saturated heterocycles. The number of hydrogen-bond acceptors (Lipinski definition) is 5. The summed E-state index contributed by atoms with van der Waals surface area (Å²) in [7, 11) is 0. The van der Waals surface area contributed by atoms with E-state index >= 15 is 0 Å². The summed E-state index contributed by atoms with van der Waals surface area (Å²) in [6.07, 6.45) is 2.77. The van der Waals surface area contributed by atoms with Crippen molar-refractivity contribution in [2.24, 2.45) is 0 Å².